The van der Waals surface area contributed by atoms with Crippen LogP contribution in [0.1, 0.15) is 20.8 Å². The third kappa shape index (κ3) is 6.94. The zero-order chi connectivity index (χ0) is 29.8. The van der Waals surface area contributed by atoms with Gasteiger partial charge in [-0.15, -0.1) is 5.11 Å². The van der Waals surface area contributed by atoms with E-state index in [0.29, 0.717) is 0 Å². The number of azo groups is 1. The summed E-state index contributed by atoms with van der Waals surface area (Å²) in [7, 11) is -6.54. The van der Waals surface area contributed by atoms with Gasteiger partial charge in [0.15, 0.2) is 17.4 Å². The maximum absolute atomic E-state index is 13.4. The molecule has 3 rings (SSSR count). The zero-order valence-electron chi connectivity index (χ0n) is 22.4. The van der Waals surface area contributed by atoms with Crippen molar-refractivity contribution >= 4 is 59.0 Å². The Morgan fingerprint density at radius 2 is 1.75 bits per heavy atom. The Bertz CT molecular complexity index is 1670. The summed E-state index contributed by atoms with van der Waals surface area (Å²) in [4.78, 5) is -0.552. The van der Waals surface area contributed by atoms with Crippen molar-refractivity contribution in [2.45, 2.75) is 36.9 Å². The average Bonchev–Trinajstić information content (AvgIpc) is 2.88. The lowest BCUT2D eigenvalue weighted by Gasteiger charge is -2.20. The molecule has 0 fully saturated rings. The topological polar surface area (TPSA) is 184 Å². The Balaban J connectivity index is 2.28. The number of nitrogens with one attached hydrogen (secondary N) is 1. The van der Waals surface area contributed by atoms with Crippen LogP contribution in [-0.4, -0.2) is 67.8 Å². The molecule has 218 valence electrons. The van der Waals surface area contributed by atoms with Crippen molar-refractivity contribution in [3.63, 3.8) is 0 Å². The van der Waals surface area contributed by atoms with Crippen LogP contribution in [0.2, 0.25) is 0 Å². The van der Waals surface area contributed by atoms with E-state index in [1.807, 2.05) is 0 Å². The van der Waals surface area contributed by atoms with Crippen LogP contribution in [-0.2, 0) is 35.9 Å². The molecular weight excluding hydrogens is 584 g/mol. The molecule has 13 nitrogen and oxygen atoms in total. The van der Waals surface area contributed by atoms with Gasteiger partial charge in [0.05, 0.1) is 23.3 Å². The minimum absolute atomic E-state index is 0.0188. The number of fused-ring (bicyclic) bond motifs is 1. The van der Waals surface area contributed by atoms with E-state index in [-0.39, 0.29) is 51.6 Å². The molecule has 3 aromatic rings. The van der Waals surface area contributed by atoms with Gasteiger partial charge in [-0.3, -0.25) is 4.72 Å². The first kappa shape index (κ1) is 31.4. The minimum atomic E-state index is -4.17. The molecule has 0 bridgehead atoms. The fourth-order valence-electron chi connectivity index (χ4n) is 3.82. The number of phenolic OH excluding ortho intramolecular Hbond substituents is 1. The molecule has 0 amide bonds. The quantitative estimate of drug-likeness (QED) is 0.152. The number of sulfonamides is 2. The molecule has 16 heteroatoms. The maximum Gasteiger partial charge on any atom is 0.246 e. The summed E-state index contributed by atoms with van der Waals surface area (Å²) in [6.45, 7) is 5.17. The second-order valence-corrected chi connectivity index (χ2v) is 13.0. The van der Waals surface area contributed by atoms with Crippen LogP contribution in [0, 0.1) is 0 Å². The Morgan fingerprint density at radius 3 is 2.33 bits per heavy atom. The maximum atomic E-state index is 13.4. The predicted octanol–water partition coefficient (Wildman–Crippen LogP) is 4.31. The summed E-state index contributed by atoms with van der Waals surface area (Å²) in [5.41, 5.74) is 0.0634. The van der Waals surface area contributed by atoms with Crippen LogP contribution < -0.4 is 9.46 Å². The monoisotopic (exact) mass is 614 g/mol. The molecule has 0 aliphatic rings. The Labute approximate surface area is 235 Å². The van der Waals surface area contributed by atoms with Gasteiger partial charge < -0.3 is 19.1 Å². The highest BCUT2D eigenvalue weighted by atomic mass is 32.2. The Morgan fingerprint density at radius 1 is 1.07 bits per heavy atom. The molecule has 0 aliphatic carbocycles. The highest BCUT2D eigenvalue weighted by Gasteiger charge is 2.28. The van der Waals surface area contributed by atoms with Gasteiger partial charge in [0, 0.05) is 31.0 Å². The molecular formula is C24H30N4O9S3. The van der Waals surface area contributed by atoms with E-state index in [1.165, 1.54) is 43.5 Å². The number of anilines is 1. The lowest BCUT2D eigenvalue weighted by atomic mass is 10.1. The summed E-state index contributed by atoms with van der Waals surface area (Å²) in [5.74, 6) is -0.499. The van der Waals surface area contributed by atoms with Gasteiger partial charge in [-0.1, -0.05) is 26.0 Å². The van der Waals surface area contributed by atoms with Gasteiger partial charge in [-0.25, -0.2) is 21.0 Å². The van der Waals surface area contributed by atoms with E-state index in [9.17, 15) is 30.7 Å². The summed E-state index contributed by atoms with van der Waals surface area (Å²) in [5, 5.41) is 19.4. The van der Waals surface area contributed by atoms with Gasteiger partial charge in [-0.05, 0) is 37.3 Å². The minimum Gasteiger partial charge on any atom is -0.506 e. The van der Waals surface area contributed by atoms with Crippen LogP contribution in [0.5, 0.6) is 11.5 Å². The highest BCUT2D eigenvalue weighted by Crippen LogP contribution is 2.43. The predicted molar refractivity (Wildman–Crippen MR) is 151 cm³/mol. The molecule has 3 aromatic carbocycles. The molecule has 0 spiro atoms. The van der Waals surface area contributed by atoms with Gasteiger partial charge in [0.2, 0.25) is 20.0 Å². The van der Waals surface area contributed by atoms with E-state index >= 15 is 0 Å². The van der Waals surface area contributed by atoms with Gasteiger partial charge >= 0.3 is 0 Å². The summed E-state index contributed by atoms with van der Waals surface area (Å²) >= 11 is -2.46. The van der Waals surface area contributed by atoms with Crippen molar-refractivity contribution in [3.8, 4) is 11.5 Å². The number of hydrogen-bond donors (Lipinski definition) is 3. The Kier molecular flexibility index (Phi) is 9.86. The molecule has 40 heavy (non-hydrogen) atoms. The number of nitrogens with zero attached hydrogens (tertiary/aromatic N) is 3. The van der Waals surface area contributed by atoms with Gasteiger partial charge in [-0.2, -0.15) is 9.42 Å². The van der Waals surface area contributed by atoms with E-state index in [1.54, 1.807) is 20.8 Å². The number of ether oxygens (including phenoxy) is 2. The van der Waals surface area contributed by atoms with Gasteiger partial charge in [0.25, 0.3) is 0 Å². The van der Waals surface area contributed by atoms with E-state index in [4.69, 9.17) is 9.47 Å². The Hall–Kier alpha value is -3.15. The molecule has 0 heterocycles. The van der Waals surface area contributed by atoms with Crippen LogP contribution in [0.25, 0.3) is 10.8 Å². The first-order chi connectivity index (χ1) is 18.7. The number of rotatable bonds is 12. The number of hydrogen-bond acceptors (Lipinski definition) is 10. The smallest absolute Gasteiger partial charge is 0.246 e. The number of aromatic hydroxyl groups is 1. The second kappa shape index (κ2) is 12.6. The summed E-state index contributed by atoms with van der Waals surface area (Å²) < 4.78 is 86.5. The highest BCUT2D eigenvalue weighted by molar-refractivity contribution is 7.92. The van der Waals surface area contributed by atoms with Gasteiger partial charge in [0.1, 0.15) is 21.3 Å². The lowest BCUT2D eigenvalue weighted by Crippen LogP contribution is -2.30. The first-order valence-electron chi connectivity index (χ1n) is 11.9. The lowest BCUT2D eigenvalue weighted by molar-refractivity contribution is -0.0399. The number of methoxy groups -OCH3 is 1. The molecule has 0 saturated carbocycles. The van der Waals surface area contributed by atoms with Crippen molar-refractivity contribution in [2.24, 2.45) is 10.2 Å². The van der Waals surface area contributed by atoms with Crippen LogP contribution in [0.3, 0.4) is 0 Å². The molecule has 0 radical (unpaired) electrons. The largest absolute Gasteiger partial charge is 0.506 e. The number of phenols is 1. The van der Waals surface area contributed by atoms with Crippen LogP contribution in [0.4, 0.5) is 17.1 Å². The molecule has 2 atom stereocenters. The fraction of sp³-hybridized carbons (Fsp3) is 0.333. The molecule has 0 aliphatic heterocycles. The summed E-state index contributed by atoms with van der Waals surface area (Å²) in [6.07, 6.45) is 0.238. The SMILES string of the molecule is CCN(CC)S(=O)(=O)c1cc(/N=N/c2ccc(OC(C)OC)c(S(=O)O)c2)c2c(NS(C)(=O)=O)cccc2c1O. The standard InChI is InChI=1S/C24H30N4O9S3/c1-6-28(7-2)40(34,35)22-14-19(23-17(24(22)29)9-8-10-18(23)27-39(5,32)33)26-25-16-11-12-20(37-15(3)36-4)21(13-16)38(30)31/h8-15,27,29H,6-7H2,1-5H3,(H,30,31)/b26-25+. The number of benzene rings is 3. The summed E-state index contributed by atoms with van der Waals surface area (Å²) in [6, 6.07) is 9.50. The second-order valence-electron chi connectivity index (χ2n) is 8.44. The van der Waals surface area contributed by atoms with Crippen molar-refractivity contribution in [2.75, 3.05) is 31.2 Å². The van der Waals surface area contributed by atoms with Crippen LogP contribution in [0.15, 0.2) is 62.5 Å². The third-order valence-electron chi connectivity index (χ3n) is 5.71. The molecule has 0 aromatic heterocycles. The van der Waals surface area contributed by atoms with Crippen molar-refractivity contribution in [1.29, 1.82) is 0 Å². The molecule has 3 N–H and O–H groups in total. The average molecular weight is 615 g/mol. The van der Waals surface area contributed by atoms with Crippen molar-refractivity contribution in [3.05, 3.63) is 42.5 Å². The van der Waals surface area contributed by atoms with Crippen LogP contribution >= 0.6 is 0 Å². The van der Waals surface area contributed by atoms with Crippen molar-refractivity contribution in [1.82, 2.24) is 4.31 Å². The normalized spacial score (nSPS) is 14.1. The first-order valence-corrected chi connectivity index (χ1v) is 16.3. The van der Waals surface area contributed by atoms with E-state index in [0.717, 1.165) is 16.6 Å². The molecule has 0 saturated heterocycles. The van der Waals surface area contributed by atoms with E-state index in [2.05, 4.69) is 15.0 Å². The van der Waals surface area contributed by atoms with E-state index < -0.39 is 48.1 Å². The van der Waals surface area contributed by atoms with Crippen molar-refractivity contribution < 1.29 is 40.2 Å². The third-order valence-corrected chi connectivity index (χ3v) is 9.06. The fourth-order valence-corrected chi connectivity index (χ4v) is 6.47. The zero-order valence-corrected chi connectivity index (χ0v) is 24.8. The molecule has 2 unspecified atom stereocenters.